The van der Waals surface area contributed by atoms with Crippen LogP contribution in [-0.2, 0) is 6.54 Å². The van der Waals surface area contributed by atoms with E-state index in [1.807, 2.05) is 29.3 Å². The summed E-state index contributed by atoms with van der Waals surface area (Å²) >= 11 is 0. The second-order valence-electron chi connectivity index (χ2n) is 6.45. The second-order valence-corrected chi connectivity index (χ2v) is 6.45. The molecule has 0 saturated carbocycles. The van der Waals surface area contributed by atoms with Crippen LogP contribution in [0.4, 0.5) is 0 Å². The summed E-state index contributed by atoms with van der Waals surface area (Å²) in [6.45, 7) is 11.6. The molecule has 2 aromatic heterocycles. The Morgan fingerprint density at radius 2 is 2.00 bits per heavy atom. The van der Waals surface area contributed by atoms with E-state index in [9.17, 15) is 0 Å². The first-order valence-electron chi connectivity index (χ1n) is 7.10. The Morgan fingerprint density at radius 1 is 1.25 bits per heavy atom. The van der Waals surface area contributed by atoms with Crippen molar-refractivity contribution in [2.45, 2.75) is 52.6 Å². The van der Waals surface area contributed by atoms with Crippen molar-refractivity contribution in [2.75, 3.05) is 0 Å². The van der Waals surface area contributed by atoms with Crippen LogP contribution in [0, 0.1) is 0 Å². The number of aromatic nitrogens is 3. The molecule has 1 N–H and O–H groups in total. The molecule has 2 heterocycles. The summed E-state index contributed by atoms with van der Waals surface area (Å²) in [4.78, 5) is 4.23. The number of pyridine rings is 1. The lowest BCUT2D eigenvalue weighted by Crippen LogP contribution is -2.35. The highest BCUT2D eigenvalue weighted by Crippen LogP contribution is 2.17. The standard InChI is InChI=1S/C16H24N4/c1-12(2)14-7-9-20(19-14)15-11-17-8-6-13(15)10-18-16(3,4)5/h6-9,11-12,18H,10H2,1-5H3. The van der Waals surface area contributed by atoms with Crippen LogP contribution in [0.15, 0.2) is 30.7 Å². The van der Waals surface area contributed by atoms with Crippen molar-refractivity contribution in [2.24, 2.45) is 0 Å². The van der Waals surface area contributed by atoms with Gasteiger partial charge in [-0.3, -0.25) is 4.98 Å². The van der Waals surface area contributed by atoms with Crippen molar-refractivity contribution in [1.82, 2.24) is 20.1 Å². The fourth-order valence-electron chi connectivity index (χ4n) is 1.91. The molecule has 108 valence electrons. The average Bonchev–Trinajstić information content (AvgIpc) is 2.85. The minimum Gasteiger partial charge on any atom is -0.308 e. The van der Waals surface area contributed by atoms with E-state index in [0.29, 0.717) is 5.92 Å². The number of nitrogens with one attached hydrogen (secondary N) is 1. The van der Waals surface area contributed by atoms with E-state index in [-0.39, 0.29) is 5.54 Å². The zero-order valence-electron chi connectivity index (χ0n) is 13.0. The average molecular weight is 272 g/mol. The summed E-state index contributed by atoms with van der Waals surface area (Å²) in [5, 5.41) is 8.14. The van der Waals surface area contributed by atoms with Crippen molar-refractivity contribution in [3.8, 4) is 5.69 Å². The van der Waals surface area contributed by atoms with Gasteiger partial charge >= 0.3 is 0 Å². The zero-order valence-corrected chi connectivity index (χ0v) is 13.0. The van der Waals surface area contributed by atoms with Crippen LogP contribution in [-0.4, -0.2) is 20.3 Å². The topological polar surface area (TPSA) is 42.7 Å². The Hall–Kier alpha value is -1.68. The summed E-state index contributed by atoms with van der Waals surface area (Å²) in [6, 6.07) is 4.11. The summed E-state index contributed by atoms with van der Waals surface area (Å²) in [6.07, 6.45) is 5.71. The van der Waals surface area contributed by atoms with Crippen LogP contribution < -0.4 is 5.32 Å². The zero-order chi connectivity index (χ0) is 14.8. The van der Waals surface area contributed by atoms with Crippen LogP contribution in [0.25, 0.3) is 5.69 Å². The molecule has 2 rings (SSSR count). The Bertz CT molecular complexity index is 564. The molecule has 20 heavy (non-hydrogen) atoms. The molecule has 0 bridgehead atoms. The molecule has 0 aliphatic heterocycles. The van der Waals surface area contributed by atoms with E-state index >= 15 is 0 Å². The third-order valence-corrected chi connectivity index (χ3v) is 3.14. The van der Waals surface area contributed by atoms with E-state index in [1.165, 1.54) is 5.56 Å². The molecule has 0 aromatic carbocycles. The number of hydrogen-bond acceptors (Lipinski definition) is 3. The van der Waals surface area contributed by atoms with Crippen molar-refractivity contribution < 1.29 is 0 Å². The molecule has 0 atom stereocenters. The molecule has 0 unspecified atom stereocenters. The van der Waals surface area contributed by atoms with Crippen LogP contribution in [0.2, 0.25) is 0 Å². The van der Waals surface area contributed by atoms with E-state index in [4.69, 9.17) is 0 Å². The van der Waals surface area contributed by atoms with Crippen molar-refractivity contribution in [1.29, 1.82) is 0 Å². The molecule has 0 amide bonds. The molecule has 0 fully saturated rings. The first-order valence-corrected chi connectivity index (χ1v) is 7.10. The number of hydrogen-bond donors (Lipinski definition) is 1. The fourth-order valence-corrected chi connectivity index (χ4v) is 1.91. The minimum atomic E-state index is 0.0910. The predicted molar refractivity (Wildman–Crippen MR) is 82.0 cm³/mol. The van der Waals surface area contributed by atoms with Crippen LogP contribution in [0.5, 0.6) is 0 Å². The monoisotopic (exact) mass is 272 g/mol. The highest BCUT2D eigenvalue weighted by molar-refractivity contribution is 5.37. The smallest absolute Gasteiger partial charge is 0.0873 e. The van der Waals surface area contributed by atoms with Gasteiger partial charge in [-0.2, -0.15) is 5.10 Å². The first-order chi connectivity index (χ1) is 9.37. The van der Waals surface area contributed by atoms with E-state index < -0.39 is 0 Å². The van der Waals surface area contributed by atoms with Gasteiger partial charge in [0.05, 0.1) is 17.6 Å². The van der Waals surface area contributed by atoms with Crippen molar-refractivity contribution in [3.05, 3.63) is 42.0 Å². The molecule has 0 aliphatic rings. The van der Waals surface area contributed by atoms with Gasteiger partial charge in [-0.1, -0.05) is 13.8 Å². The molecule has 4 heteroatoms. The quantitative estimate of drug-likeness (QED) is 0.928. The third-order valence-electron chi connectivity index (χ3n) is 3.14. The maximum atomic E-state index is 4.63. The largest absolute Gasteiger partial charge is 0.308 e. The maximum Gasteiger partial charge on any atom is 0.0873 e. The molecule has 0 spiro atoms. The van der Waals surface area contributed by atoms with Gasteiger partial charge in [-0.05, 0) is 44.4 Å². The fraction of sp³-hybridized carbons (Fsp3) is 0.500. The first kappa shape index (κ1) is 14.7. The third kappa shape index (κ3) is 3.67. The Labute approximate surface area is 121 Å². The molecular weight excluding hydrogens is 248 g/mol. The Balaban J connectivity index is 2.27. The summed E-state index contributed by atoms with van der Waals surface area (Å²) in [7, 11) is 0. The molecule has 4 nitrogen and oxygen atoms in total. The van der Waals surface area contributed by atoms with Crippen molar-refractivity contribution in [3.63, 3.8) is 0 Å². The lowest BCUT2D eigenvalue weighted by Gasteiger charge is -2.21. The van der Waals surface area contributed by atoms with Gasteiger partial charge in [0.2, 0.25) is 0 Å². The van der Waals surface area contributed by atoms with Gasteiger partial charge in [-0.25, -0.2) is 4.68 Å². The van der Waals surface area contributed by atoms with Gasteiger partial charge < -0.3 is 5.32 Å². The van der Waals surface area contributed by atoms with E-state index in [0.717, 1.165) is 17.9 Å². The normalized spacial score (nSPS) is 12.1. The Kier molecular flexibility index (Phi) is 4.23. The molecule has 0 saturated heterocycles. The van der Waals surface area contributed by atoms with Gasteiger partial charge in [-0.15, -0.1) is 0 Å². The van der Waals surface area contributed by atoms with Gasteiger partial charge in [0.1, 0.15) is 0 Å². The van der Waals surface area contributed by atoms with Crippen LogP contribution >= 0.6 is 0 Å². The lowest BCUT2D eigenvalue weighted by molar-refractivity contribution is 0.423. The second kappa shape index (κ2) is 5.75. The van der Waals surface area contributed by atoms with Crippen LogP contribution in [0.3, 0.4) is 0 Å². The van der Waals surface area contributed by atoms with Gasteiger partial charge in [0.25, 0.3) is 0 Å². The molecule has 2 aromatic rings. The molecular formula is C16H24N4. The SMILES string of the molecule is CC(C)c1ccn(-c2cnccc2CNC(C)(C)C)n1. The summed E-state index contributed by atoms with van der Waals surface area (Å²) in [5.41, 5.74) is 3.43. The van der Waals surface area contributed by atoms with Gasteiger partial charge in [0.15, 0.2) is 0 Å². The lowest BCUT2D eigenvalue weighted by atomic mass is 10.1. The highest BCUT2D eigenvalue weighted by atomic mass is 15.3. The highest BCUT2D eigenvalue weighted by Gasteiger charge is 2.12. The van der Waals surface area contributed by atoms with E-state index in [2.05, 4.69) is 56.1 Å². The molecule has 0 aliphatic carbocycles. The maximum absolute atomic E-state index is 4.63. The molecule has 0 radical (unpaired) electrons. The summed E-state index contributed by atoms with van der Waals surface area (Å²) < 4.78 is 1.92. The predicted octanol–water partition coefficient (Wildman–Crippen LogP) is 3.28. The van der Waals surface area contributed by atoms with Gasteiger partial charge in [0, 0.05) is 24.5 Å². The van der Waals surface area contributed by atoms with Crippen molar-refractivity contribution >= 4 is 0 Å². The van der Waals surface area contributed by atoms with Crippen LogP contribution in [0.1, 0.15) is 51.8 Å². The number of rotatable bonds is 4. The summed E-state index contributed by atoms with van der Waals surface area (Å²) in [5.74, 6) is 0.434. The minimum absolute atomic E-state index is 0.0910. The van der Waals surface area contributed by atoms with E-state index in [1.54, 1.807) is 0 Å². The number of nitrogens with zero attached hydrogens (tertiary/aromatic N) is 3. The Morgan fingerprint density at radius 3 is 2.60 bits per heavy atom.